The summed E-state index contributed by atoms with van der Waals surface area (Å²) in [5.74, 6) is 0.167. The molecule has 0 bridgehead atoms. The fourth-order valence-corrected chi connectivity index (χ4v) is 1.52. The molecule has 1 rings (SSSR count). The van der Waals surface area contributed by atoms with E-state index in [9.17, 15) is 4.79 Å². The average Bonchev–Trinajstić information content (AvgIpc) is 2.30. The fraction of sp³-hybridized carbons (Fsp3) is 0.462. The molecule has 0 fully saturated rings. The van der Waals surface area contributed by atoms with Crippen LogP contribution in [-0.4, -0.2) is 44.5 Å². The SMILES string of the molecule is COCCCN(C)CC(=O)c1ccccc1. The Morgan fingerprint density at radius 3 is 2.62 bits per heavy atom. The third-order valence-electron chi connectivity index (χ3n) is 2.40. The number of Topliss-reactive ketones (excluding diaryl/α,β-unsaturated/α-hetero) is 1. The fourth-order valence-electron chi connectivity index (χ4n) is 1.52. The van der Waals surface area contributed by atoms with Gasteiger partial charge in [-0.3, -0.25) is 9.69 Å². The van der Waals surface area contributed by atoms with Crippen molar-refractivity contribution in [3.63, 3.8) is 0 Å². The van der Waals surface area contributed by atoms with Crippen LogP contribution in [0.1, 0.15) is 16.8 Å². The zero-order valence-electron chi connectivity index (χ0n) is 9.98. The lowest BCUT2D eigenvalue weighted by molar-refractivity contribution is 0.0938. The molecule has 0 saturated heterocycles. The topological polar surface area (TPSA) is 29.5 Å². The highest BCUT2D eigenvalue weighted by Crippen LogP contribution is 2.01. The molecule has 0 aliphatic carbocycles. The van der Waals surface area contributed by atoms with Crippen LogP contribution in [0.25, 0.3) is 0 Å². The molecule has 16 heavy (non-hydrogen) atoms. The largest absolute Gasteiger partial charge is 0.385 e. The second-order valence-corrected chi connectivity index (χ2v) is 3.87. The molecule has 0 aliphatic rings. The molecule has 88 valence electrons. The van der Waals surface area contributed by atoms with Crippen molar-refractivity contribution in [2.45, 2.75) is 6.42 Å². The Balaban J connectivity index is 2.34. The van der Waals surface area contributed by atoms with Crippen LogP contribution in [0.4, 0.5) is 0 Å². The zero-order chi connectivity index (χ0) is 11.8. The number of methoxy groups -OCH3 is 1. The van der Waals surface area contributed by atoms with E-state index in [0.717, 1.165) is 25.1 Å². The molecule has 3 nitrogen and oxygen atoms in total. The minimum absolute atomic E-state index is 0.167. The molecule has 1 aromatic carbocycles. The first-order valence-corrected chi connectivity index (χ1v) is 5.49. The smallest absolute Gasteiger partial charge is 0.176 e. The number of carbonyl (C=O) groups excluding carboxylic acids is 1. The van der Waals surface area contributed by atoms with Crippen molar-refractivity contribution in [3.8, 4) is 0 Å². The van der Waals surface area contributed by atoms with E-state index in [4.69, 9.17) is 4.74 Å². The zero-order valence-corrected chi connectivity index (χ0v) is 9.98. The Hall–Kier alpha value is -1.19. The normalized spacial score (nSPS) is 10.7. The van der Waals surface area contributed by atoms with Crippen molar-refractivity contribution in [2.75, 3.05) is 33.9 Å². The number of ether oxygens (including phenoxy) is 1. The molecule has 0 unspecified atom stereocenters. The molecule has 0 spiro atoms. The number of hydrogen-bond acceptors (Lipinski definition) is 3. The molecule has 1 aromatic rings. The van der Waals surface area contributed by atoms with Gasteiger partial charge in [0.25, 0.3) is 0 Å². The third-order valence-corrected chi connectivity index (χ3v) is 2.40. The van der Waals surface area contributed by atoms with Crippen molar-refractivity contribution in [1.29, 1.82) is 0 Å². The van der Waals surface area contributed by atoms with Crippen LogP contribution in [0.2, 0.25) is 0 Å². The summed E-state index contributed by atoms with van der Waals surface area (Å²) in [4.78, 5) is 13.8. The van der Waals surface area contributed by atoms with E-state index in [0.29, 0.717) is 6.54 Å². The highest BCUT2D eigenvalue weighted by Gasteiger charge is 2.08. The Morgan fingerprint density at radius 1 is 1.31 bits per heavy atom. The maximum absolute atomic E-state index is 11.8. The molecule has 0 aromatic heterocycles. The minimum atomic E-state index is 0.167. The second kappa shape index (κ2) is 7.14. The highest BCUT2D eigenvalue weighted by atomic mass is 16.5. The first kappa shape index (κ1) is 12.9. The molecule has 0 atom stereocenters. The number of hydrogen-bond donors (Lipinski definition) is 0. The summed E-state index contributed by atoms with van der Waals surface area (Å²) in [5.41, 5.74) is 0.779. The van der Waals surface area contributed by atoms with Crippen LogP contribution in [0.5, 0.6) is 0 Å². The van der Waals surface area contributed by atoms with Gasteiger partial charge in [0.2, 0.25) is 0 Å². The molecular formula is C13H19NO2. The Kier molecular flexibility index (Phi) is 5.75. The molecule has 0 aliphatic heterocycles. The molecule has 3 heteroatoms. The summed E-state index contributed by atoms with van der Waals surface area (Å²) in [6.07, 6.45) is 0.953. The van der Waals surface area contributed by atoms with E-state index in [-0.39, 0.29) is 5.78 Å². The Morgan fingerprint density at radius 2 is 2.00 bits per heavy atom. The minimum Gasteiger partial charge on any atom is -0.385 e. The predicted molar refractivity (Wildman–Crippen MR) is 64.8 cm³/mol. The van der Waals surface area contributed by atoms with Crippen LogP contribution < -0.4 is 0 Å². The lowest BCUT2D eigenvalue weighted by Crippen LogP contribution is -2.27. The molecule has 0 radical (unpaired) electrons. The summed E-state index contributed by atoms with van der Waals surface area (Å²) in [6, 6.07) is 9.39. The Labute approximate surface area is 97.0 Å². The van der Waals surface area contributed by atoms with Gasteiger partial charge in [0, 0.05) is 25.8 Å². The molecule has 0 saturated carbocycles. The van der Waals surface area contributed by atoms with Gasteiger partial charge < -0.3 is 4.74 Å². The molecule has 0 N–H and O–H groups in total. The van der Waals surface area contributed by atoms with Crippen LogP contribution in [0, 0.1) is 0 Å². The van der Waals surface area contributed by atoms with Crippen molar-refractivity contribution >= 4 is 5.78 Å². The first-order chi connectivity index (χ1) is 7.74. The van der Waals surface area contributed by atoms with Gasteiger partial charge in [-0.05, 0) is 13.5 Å². The lowest BCUT2D eigenvalue weighted by Gasteiger charge is -2.15. The highest BCUT2D eigenvalue weighted by molar-refractivity contribution is 5.97. The maximum Gasteiger partial charge on any atom is 0.176 e. The van der Waals surface area contributed by atoms with E-state index in [1.54, 1.807) is 7.11 Å². The van der Waals surface area contributed by atoms with Crippen LogP contribution in [-0.2, 0) is 4.74 Å². The Bertz CT molecular complexity index is 311. The number of carbonyl (C=O) groups is 1. The number of ketones is 1. The quantitative estimate of drug-likeness (QED) is 0.520. The summed E-state index contributed by atoms with van der Waals surface area (Å²) >= 11 is 0. The number of rotatable bonds is 7. The van der Waals surface area contributed by atoms with Gasteiger partial charge in [-0.1, -0.05) is 30.3 Å². The van der Waals surface area contributed by atoms with Crippen molar-refractivity contribution in [3.05, 3.63) is 35.9 Å². The van der Waals surface area contributed by atoms with Crippen molar-refractivity contribution in [2.24, 2.45) is 0 Å². The summed E-state index contributed by atoms with van der Waals surface area (Å²) in [7, 11) is 3.64. The van der Waals surface area contributed by atoms with E-state index in [2.05, 4.69) is 0 Å². The molecule has 0 heterocycles. The molecular weight excluding hydrogens is 202 g/mol. The van der Waals surface area contributed by atoms with Gasteiger partial charge in [0.1, 0.15) is 0 Å². The summed E-state index contributed by atoms with van der Waals surface area (Å²) < 4.78 is 4.97. The second-order valence-electron chi connectivity index (χ2n) is 3.87. The van der Waals surface area contributed by atoms with Crippen molar-refractivity contribution < 1.29 is 9.53 Å². The lowest BCUT2D eigenvalue weighted by atomic mass is 10.1. The van der Waals surface area contributed by atoms with Gasteiger partial charge >= 0.3 is 0 Å². The third kappa shape index (κ3) is 4.55. The van der Waals surface area contributed by atoms with Crippen LogP contribution in [0.3, 0.4) is 0 Å². The van der Waals surface area contributed by atoms with E-state index >= 15 is 0 Å². The van der Waals surface area contributed by atoms with E-state index < -0.39 is 0 Å². The van der Waals surface area contributed by atoms with Crippen LogP contribution >= 0.6 is 0 Å². The maximum atomic E-state index is 11.8. The average molecular weight is 221 g/mol. The van der Waals surface area contributed by atoms with E-state index in [1.165, 1.54) is 0 Å². The van der Waals surface area contributed by atoms with Gasteiger partial charge in [-0.15, -0.1) is 0 Å². The summed E-state index contributed by atoms with van der Waals surface area (Å²) in [6.45, 7) is 2.09. The number of nitrogens with zero attached hydrogens (tertiary/aromatic N) is 1. The van der Waals surface area contributed by atoms with Gasteiger partial charge in [0.05, 0.1) is 6.54 Å². The summed E-state index contributed by atoms with van der Waals surface area (Å²) in [5, 5.41) is 0. The molecule has 0 amide bonds. The van der Waals surface area contributed by atoms with E-state index in [1.807, 2.05) is 42.3 Å². The van der Waals surface area contributed by atoms with Gasteiger partial charge in [-0.2, -0.15) is 0 Å². The number of likely N-dealkylation sites (N-methyl/N-ethyl adjacent to an activating group) is 1. The first-order valence-electron chi connectivity index (χ1n) is 5.49. The number of benzene rings is 1. The van der Waals surface area contributed by atoms with Gasteiger partial charge in [0.15, 0.2) is 5.78 Å². The monoisotopic (exact) mass is 221 g/mol. The predicted octanol–water partition coefficient (Wildman–Crippen LogP) is 1.84. The van der Waals surface area contributed by atoms with Crippen molar-refractivity contribution in [1.82, 2.24) is 4.90 Å². The van der Waals surface area contributed by atoms with Gasteiger partial charge in [-0.25, -0.2) is 0 Å². The standard InChI is InChI=1S/C13H19NO2/c1-14(9-6-10-16-2)11-13(15)12-7-4-3-5-8-12/h3-5,7-8H,6,9-11H2,1-2H3. The van der Waals surface area contributed by atoms with Crippen LogP contribution in [0.15, 0.2) is 30.3 Å².